The number of aromatic nitrogens is 4. The highest BCUT2D eigenvalue weighted by Gasteiger charge is 2.26. The summed E-state index contributed by atoms with van der Waals surface area (Å²) in [6, 6.07) is 2.12. The smallest absolute Gasteiger partial charge is 0.247 e. The number of carbonyl (C=O) groups is 1. The van der Waals surface area contributed by atoms with Gasteiger partial charge in [0.25, 0.3) is 0 Å². The third-order valence-corrected chi connectivity index (χ3v) is 5.65. The minimum absolute atomic E-state index is 0.118. The van der Waals surface area contributed by atoms with Crippen molar-refractivity contribution in [2.75, 3.05) is 35.7 Å². The Morgan fingerprint density at radius 2 is 2.30 bits per heavy atom. The molecule has 0 spiro atoms. The van der Waals surface area contributed by atoms with Crippen molar-refractivity contribution in [3.05, 3.63) is 36.8 Å². The van der Waals surface area contributed by atoms with Gasteiger partial charge < -0.3 is 20.3 Å². The second-order valence-corrected chi connectivity index (χ2v) is 7.54. The molecule has 3 aromatic rings. The van der Waals surface area contributed by atoms with Crippen molar-refractivity contribution < 1.29 is 9.53 Å². The average molecular weight is 422 g/mol. The number of thiazole rings is 1. The van der Waals surface area contributed by atoms with Crippen LogP contribution >= 0.6 is 11.3 Å². The van der Waals surface area contributed by atoms with E-state index in [2.05, 4.69) is 37.1 Å². The molecule has 30 heavy (non-hydrogen) atoms. The molecule has 1 fully saturated rings. The van der Waals surface area contributed by atoms with Gasteiger partial charge in [0.1, 0.15) is 17.1 Å². The molecule has 1 atom stereocenters. The van der Waals surface area contributed by atoms with E-state index in [1.54, 1.807) is 12.4 Å². The molecule has 4 rings (SSSR count). The topological polar surface area (TPSA) is 129 Å². The van der Waals surface area contributed by atoms with Crippen LogP contribution in [0.25, 0.3) is 10.2 Å². The Kier molecular flexibility index (Phi) is 5.40. The Labute approximate surface area is 176 Å². The Bertz CT molecular complexity index is 1160. The predicted octanol–water partition coefficient (Wildman–Crippen LogP) is 2.18. The molecule has 152 valence electrons. The maximum atomic E-state index is 11.7. The monoisotopic (exact) mass is 422 g/mol. The minimum Gasteiger partial charge on any atom is -0.480 e. The largest absolute Gasteiger partial charge is 0.480 e. The first-order chi connectivity index (χ1) is 14.6. The Hall–Kier alpha value is -3.78. The van der Waals surface area contributed by atoms with Gasteiger partial charge in [0, 0.05) is 25.3 Å². The van der Waals surface area contributed by atoms with Gasteiger partial charge in [-0.25, -0.2) is 9.97 Å². The van der Waals surface area contributed by atoms with E-state index in [9.17, 15) is 4.79 Å². The van der Waals surface area contributed by atoms with Gasteiger partial charge in [0.2, 0.25) is 17.7 Å². The maximum absolute atomic E-state index is 11.7. The molecule has 2 N–H and O–H groups in total. The number of nitrogens with one attached hydrogen (secondary N) is 2. The van der Waals surface area contributed by atoms with E-state index in [-0.39, 0.29) is 17.8 Å². The molecule has 3 aromatic heterocycles. The highest BCUT2D eigenvalue weighted by Crippen LogP contribution is 2.34. The summed E-state index contributed by atoms with van der Waals surface area (Å²) in [6.07, 6.45) is 6.85. The SMILES string of the molecule is C=CC(=O)Nc1cncc2sc(N3CC[C@@H](Nc4ncc(C#N)c(OC)n4)C3)nc12. The molecule has 1 saturated heterocycles. The second-order valence-electron chi connectivity index (χ2n) is 6.53. The number of pyridine rings is 1. The zero-order chi connectivity index (χ0) is 21.1. The van der Waals surface area contributed by atoms with Crippen LogP contribution in [0.2, 0.25) is 0 Å². The summed E-state index contributed by atoms with van der Waals surface area (Å²) in [5, 5.41) is 15.9. The van der Waals surface area contributed by atoms with Gasteiger partial charge in [0.05, 0.1) is 29.9 Å². The Morgan fingerprint density at radius 3 is 3.07 bits per heavy atom. The molecule has 11 heteroatoms. The van der Waals surface area contributed by atoms with E-state index >= 15 is 0 Å². The van der Waals surface area contributed by atoms with E-state index in [0.717, 1.165) is 22.8 Å². The molecule has 1 amide bonds. The van der Waals surface area contributed by atoms with Gasteiger partial charge in [-0.05, 0) is 12.5 Å². The maximum Gasteiger partial charge on any atom is 0.247 e. The molecule has 1 aliphatic rings. The molecule has 0 aromatic carbocycles. The summed E-state index contributed by atoms with van der Waals surface area (Å²) >= 11 is 1.52. The number of carbonyl (C=O) groups excluding carboxylic acids is 1. The molecule has 0 bridgehead atoms. The van der Waals surface area contributed by atoms with Crippen molar-refractivity contribution in [2.24, 2.45) is 0 Å². The first kappa shape index (κ1) is 19.5. The lowest BCUT2D eigenvalue weighted by atomic mass is 10.3. The van der Waals surface area contributed by atoms with Crippen LogP contribution in [0.4, 0.5) is 16.8 Å². The third-order valence-electron chi connectivity index (χ3n) is 4.60. The summed E-state index contributed by atoms with van der Waals surface area (Å²) < 4.78 is 6.03. The number of amides is 1. The number of hydrogen-bond acceptors (Lipinski definition) is 10. The lowest BCUT2D eigenvalue weighted by molar-refractivity contribution is -0.111. The number of methoxy groups -OCH3 is 1. The van der Waals surface area contributed by atoms with E-state index in [4.69, 9.17) is 15.0 Å². The summed E-state index contributed by atoms with van der Waals surface area (Å²) in [7, 11) is 1.47. The number of ether oxygens (including phenoxy) is 1. The van der Waals surface area contributed by atoms with E-state index < -0.39 is 0 Å². The molecule has 0 aliphatic carbocycles. The minimum atomic E-state index is -0.304. The van der Waals surface area contributed by atoms with Crippen LogP contribution in [-0.2, 0) is 4.79 Å². The average Bonchev–Trinajstić information content (AvgIpc) is 3.41. The van der Waals surface area contributed by atoms with Crippen molar-refractivity contribution >= 4 is 44.2 Å². The normalized spacial score (nSPS) is 15.6. The highest BCUT2D eigenvalue weighted by molar-refractivity contribution is 7.22. The number of anilines is 3. The summed E-state index contributed by atoms with van der Waals surface area (Å²) in [5.74, 6) is 0.361. The standard InChI is InChI=1S/C19H18N8O2S/c1-3-15(28)24-13-8-21-9-14-16(13)25-19(30-14)27-5-4-12(10-27)23-18-22-7-11(6-20)17(26-18)29-2/h3,7-9,12H,1,4-5,10H2,2H3,(H,24,28)(H,22,23,26)/t12-/m1/s1. The first-order valence-electron chi connectivity index (χ1n) is 9.12. The summed E-state index contributed by atoms with van der Waals surface area (Å²) in [4.78, 5) is 31.2. The van der Waals surface area contributed by atoms with Gasteiger partial charge in [0.15, 0.2) is 5.13 Å². The summed E-state index contributed by atoms with van der Waals surface area (Å²) in [5.41, 5.74) is 1.56. The zero-order valence-electron chi connectivity index (χ0n) is 16.1. The molecule has 4 heterocycles. The Morgan fingerprint density at radius 1 is 1.43 bits per heavy atom. The number of hydrogen-bond donors (Lipinski definition) is 2. The van der Waals surface area contributed by atoms with Crippen molar-refractivity contribution in [3.8, 4) is 11.9 Å². The predicted molar refractivity (Wildman–Crippen MR) is 114 cm³/mol. The molecule has 0 saturated carbocycles. The molecule has 0 unspecified atom stereocenters. The van der Waals surface area contributed by atoms with Crippen LogP contribution in [0.5, 0.6) is 5.88 Å². The fourth-order valence-electron chi connectivity index (χ4n) is 3.15. The molecule has 0 radical (unpaired) electrons. The number of fused-ring (bicyclic) bond motifs is 1. The fraction of sp³-hybridized carbons (Fsp3) is 0.263. The van der Waals surface area contributed by atoms with Crippen LogP contribution in [-0.4, -0.2) is 52.1 Å². The van der Waals surface area contributed by atoms with Crippen molar-refractivity contribution in [1.82, 2.24) is 19.9 Å². The second kappa shape index (κ2) is 8.30. The summed E-state index contributed by atoms with van der Waals surface area (Å²) in [6.45, 7) is 5.00. The number of nitrogens with zero attached hydrogens (tertiary/aromatic N) is 6. The van der Waals surface area contributed by atoms with Crippen LogP contribution < -0.4 is 20.3 Å². The van der Waals surface area contributed by atoms with Gasteiger partial charge >= 0.3 is 0 Å². The van der Waals surface area contributed by atoms with Crippen molar-refractivity contribution in [1.29, 1.82) is 5.26 Å². The molecular weight excluding hydrogens is 404 g/mol. The quantitative estimate of drug-likeness (QED) is 0.574. The van der Waals surface area contributed by atoms with Gasteiger partial charge in [-0.2, -0.15) is 10.2 Å². The van der Waals surface area contributed by atoms with Crippen LogP contribution in [0.3, 0.4) is 0 Å². The van der Waals surface area contributed by atoms with Gasteiger partial charge in [-0.15, -0.1) is 0 Å². The van der Waals surface area contributed by atoms with Crippen LogP contribution in [0.15, 0.2) is 31.2 Å². The van der Waals surface area contributed by atoms with Crippen LogP contribution in [0, 0.1) is 11.3 Å². The van der Waals surface area contributed by atoms with E-state index in [1.807, 2.05) is 6.07 Å². The van der Waals surface area contributed by atoms with Crippen molar-refractivity contribution in [2.45, 2.75) is 12.5 Å². The lowest BCUT2D eigenvalue weighted by Gasteiger charge is -2.16. The van der Waals surface area contributed by atoms with Crippen molar-refractivity contribution in [3.63, 3.8) is 0 Å². The molecule has 10 nitrogen and oxygen atoms in total. The lowest BCUT2D eigenvalue weighted by Crippen LogP contribution is -2.26. The molecule has 1 aliphatic heterocycles. The van der Waals surface area contributed by atoms with Gasteiger partial charge in [-0.3, -0.25) is 9.78 Å². The van der Waals surface area contributed by atoms with E-state index in [1.165, 1.54) is 30.7 Å². The fourth-order valence-corrected chi connectivity index (χ4v) is 4.15. The van der Waals surface area contributed by atoms with Crippen LogP contribution in [0.1, 0.15) is 12.0 Å². The Balaban J connectivity index is 1.49. The third kappa shape index (κ3) is 3.85. The number of nitriles is 1. The first-order valence-corrected chi connectivity index (χ1v) is 9.93. The van der Waals surface area contributed by atoms with E-state index in [0.29, 0.717) is 29.3 Å². The zero-order valence-corrected chi connectivity index (χ0v) is 16.9. The number of rotatable bonds is 6. The highest BCUT2D eigenvalue weighted by atomic mass is 32.1. The molecular formula is C19H18N8O2S. The van der Waals surface area contributed by atoms with Gasteiger partial charge in [-0.1, -0.05) is 17.9 Å².